The van der Waals surface area contributed by atoms with Crippen LogP contribution in [-0.2, 0) is 11.8 Å². The highest BCUT2D eigenvalue weighted by Crippen LogP contribution is 2.27. The van der Waals surface area contributed by atoms with E-state index in [1.165, 1.54) is 0 Å². The molecular formula is C13H19N5O. The van der Waals surface area contributed by atoms with Gasteiger partial charge in [0.05, 0.1) is 23.3 Å². The van der Waals surface area contributed by atoms with Crippen LogP contribution in [0.15, 0.2) is 6.33 Å². The number of hydrogen-bond acceptors (Lipinski definition) is 5. The van der Waals surface area contributed by atoms with Crippen LogP contribution >= 0.6 is 0 Å². The standard InChI is InChI=1S/C13H19N5O/c1-8-5-18(6-9(2)19-8)13-11-10(3)16-17(4)12(11)14-7-15-13/h7-9H,5-6H2,1-4H3. The van der Waals surface area contributed by atoms with Crippen LogP contribution in [0.25, 0.3) is 11.0 Å². The SMILES string of the molecule is Cc1nn(C)c2ncnc(N3CC(C)OC(C)C3)c12. The normalized spacial score (nSPS) is 24.1. The zero-order chi connectivity index (χ0) is 13.6. The molecule has 0 bridgehead atoms. The fraction of sp³-hybridized carbons (Fsp3) is 0.615. The molecule has 2 aromatic rings. The van der Waals surface area contributed by atoms with E-state index in [0.29, 0.717) is 0 Å². The second kappa shape index (κ2) is 4.45. The van der Waals surface area contributed by atoms with Gasteiger partial charge >= 0.3 is 0 Å². The molecule has 1 aliphatic rings. The average molecular weight is 261 g/mol. The third-order valence-electron chi connectivity index (χ3n) is 3.49. The van der Waals surface area contributed by atoms with E-state index in [2.05, 4.69) is 33.8 Å². The van der Waals surface area contributed by atoms with Crippen LogP contribution in [0.5, 0.6) is 0 Å². The highest BCUT2D eigenvalue weighted by atomic mass is 16.5. The van der Waals surface area contributed by atoms with E-state index in [-0.39, 0.29) is 12.2 Å². The zero-order valence-corrected chi connectivity index (χ0v) is 11.8. The highest BCUT2D eigenvalue weighted by molar-refractivity contribution is 5.89. The summed E-state index contributed by atoms with van der Waals surface area (Å²) in [7, 11) is 1.91. The number of ether oxygens (including phenoxy) is 1. The number of nitrogens with zero attached hydrogens (tertiary/aromatic N) is 5. The van der Waals surface area contributed by atoms with Crippen molar-refractivity contribution >= 4 is 16.9 Å². The van der Waals surface area contributed by atoms with Crippen molar-refractivity contribution in [3.05, 3.63) is 12.0 Å². The summed E-state index contributed by atoms with van der Waals surface area (Å²) in [6.45, 7) is 7.90. The fourth-order valence-corrected chi connectivity index (χ4v) is 2.85. The lowest BCUT2D eigenvalue weighted by Crippen LogP contribution is -2.46. The van der Waals surface area contributed by atoms with Crippen molar-refractivity contribution in [2.75, 3.05) is 18.0 Å². The van der Waals surface area contributed by atoms with E-state index in [4.69, 9.17) is 4.74 Å². The van der Waals surface area contributed by atoms with Crippen LogP contribution < -0.4 is 4.90 Å². The molecule has 1 fully saturated rings. The Morgan fingerprint density at radius 1 is 1.21 bits per heavy atom. The topological polar surface area (TPSA) is 56.1 Å². The number of aryl methyl sites for hydroxylation is 2. The summed E-state index contributed by atoms with van der Waals surface area (Å²) in [6.07, 6.45) is 2.04. The Bertz CT molecular complexity index is 598. The molecule has 6 heteroatoms. The Morgan fingerprint density at radius 2 is 1.89 bits per heavy atom. The van der Waals surface area contributed by atoms with Crippen LogP contribution in [0, 0.1) is 6.92 Å². The second-order valence-electron chi connectivity index (χ2n) is 5.27. The summed E-state index contributed by atoms with van der Waals surface area (Å²) in [5, 5.41) is 5.49. The highest BCUT2D eigenvalue weighted by Gasteiger charge is 2.26. The minimum absolute atomic E-state index is 0.214. The lowest BCUT2D eigenvalue weighted by atomic mass is 10.2. The van der Waals surface area contributed by atoms with Gasteiger partial charge in [-0.3, -0.25) is 4.68 Å². The lowest BCUT2D eigenvalue weighted by molar-refractivity contribution is -0.00537. The van der Waals surface area contributed by atoms with Gasteiger partial charge < -0.3 is 9.64 Å². The van der Waals surface area contributed by atoms with Crippen LogP contribution in [0.1, 0.15) is 19.5 Å². The molecule has 0 radical (unpaired) electrons. The van der Waals surface area contributed by atoms with Crippen LogP contribution in [0.4, 0.5) is 5.82 Å². The third-order valence-corrected chi connectivity index (χ3v) is 3.49. The third kappa shape index (κ3) is 2.06. The van der Waals surface area contributed by atoms with E-state index in [1.54, 1.807) is 6.33 Å². The van der Waals surface area contributed by atoms with E-state index in [0.717, 1.165) is 35.6 Å². The van der Waals surface area contributed by atoms with Gasteiger partial charge in [-0.15, -0.1) is 0 Å². The quantitative estimate of drug-likeness (QED) is 0.774. The molecule has 0 aromatic carbocycles. The van der Waals surface area contributed by atoms with Gasteiger partial charge in [0.25, 0.3) is 0 Å². The molecule has 0 aliphatic carbocycles. The first-order chi connectivity index (χ1) is 9.06. The van der Waals surface area contributed by atoms with E-state index < -0.39 is 0 Å². The summed E-state index contributed by atoms with van der Waals surface area (Å²) in [5.74, 6) is 0.970. The Labute approximate surface area is 112 Å². The maximum absolute atomic E-state index is 5.78. The van der Waals surface area contributed by atoms with Gasteiger partial charge in [-0.1, -0.05) is 0 Å². The Hall–Kier alpha value is -1.69. The summed E-state index contributed by atoms with van der Waals surface area (Å²) in [6, 6.07) is 0. The average Bonchev–Trinajstić information content (AvgIpc) is 2.64. The fourth-order valence-electron chi connectivity index (χ4n) is 2.85. The summed E-state index contributed by atoms with van der Waals surface area (Å²) in [5.41, 5.74) is 1.86. The summed E-state index contributed by atoms with van der Waals surface area (Å²) >= 11 is 0. The van der Waals surface area contributed by atoms with Crippen molar-refractivity contribution in [3.8, 4) is 0 Å². The Morgan fingerprint density at radius 3 is 2.58 bits per heavy atom. The monoisotopic (exact) mass is 261 g/mol. The molecule has 102 valence electrons. The maximum Gasteiger partial charge on any atom is 0.163 e. The lowest BCUT2D eigenvalue weighted by Gasteiger charge is -2.36. The molecule has 3 rings (SSSR count). The van der Waals surface area contributed by atoms with Gasteiger partial charge in [0.2, 0.25) is 0 Å². The molecule has 3 heterocycles. The van der Waals surface area contributed by atoms with Gasteiger partial charge in [0, 0.05) is 20.1 Å². The first-order valence-electron chi connectivity index (χ1n) is 6.61. The minimum Gasteiger partial charge on any atom is -0.372 e. The number of fused-ring (bicyclic) bond motifs is 1. The van der Waals surface area contributed by atoms with Crippen molar-refractivity contribution in [2.45, 2.75) is 33.0 Å². The number of morpholine rings is 1. The smallest absolute Gasteiger partial charge is 0.163 e. The van der Waals surface area contributed by atoms with Crippen molar-refractivity contribution in [2.24, 2.45) is 7.05 Å². The minimum atomic E-state index is 0.214. The van der Waals surface area contributed by atoms with E-state index in [9.17, 15) is 0 Å². The molecule has 6 nitrogen and oxygen atoms in total. The molecule has 2 atom stereocenters. The summed E-state index contributed by atoms with van der Waals surface area (Å²) < 4.78 is 7.59. The molecule has 1 saturated heterocycles. The van der Waals surface area contributed by atoms with Gasteiger partial charge in [0.15, 0.2) is 5.65 Å². The molecule has 2 unspecified atom stereocenters. The molecule has 1 aliphatic heterocycles. The molecule has 0 saturated carbocycles. The number of hydrogen-bond donors (Lipinski definition) is 0. The van der Waals surface area contributed by atoms with Gasteiger partial charge in [0.1, 0.15) is 12.1 Å². The van der Waals surface area contributed by atoms with E-state index >= 15 is 0 Å². The van der Waals surface area contributed by atoms with Crippen molar-refractivity contribution in [1.29, 1.82) is 0 Å². The molecule has 0 N–H and O–H groups in total. The van der Waals surface area contributed by atoms with Crippen LogP contribution in [0.3, 0.4) is 0 Å². The van der Waals surface area contributed by atoms with Gasteiger partial charge in [-0.25, -0.2) is 9.97 Å². The second-order valence-corrected chi connectivity index (χ2v) is 5.27. The molecule has 0 amide bonds. The Balaban J connectivity index is 2.09. The first kappa shape index (κ1) is 12.3. The molecule has 19 heavy (non-hydrogen) atoms. The zero-order valence-electron chi connectivity index (χ0n) is 11.8. The van der Waals surface area contributed by atoms with Gasteiger partial charge in [-0.05, 0) is 20.8 Å². The predicted molar refractivity (Wildman–Crippen MR) is 73.3 cm³/mol. The Kier molecular flexibility index (Phi) is 2.89. The molecule has 0 spiro atoms. The van der Waals surface area contributed by atoms with Crippen molar-refractivity contribution < 1.29 is 4.74 Å². The van der Waals surface area contributed by atoms with Crippen molar-refractivity contribution in [3.63, 3.8) is 0 Å². The maximum atomic E-state index is 5.78. The number of rotatable bonds is 1. The largest absolute Gasteiger partial charge is 0.372 e. The van der Waals surface area contributed by atoms with Crippen molar-refractivity contribution in [1.82, 2.24) is 19.7 Å². The molecule has 2 aromatic heterocycles. The van der Waals surface area contributed by atoms with Gasteiger partial charge in [-0.2, -0.15) is 5.10 Å². The molecular weight excluding hydrogens is 242 g/mol. The summed E-state index contributed by atoms with van der Waals surface area (Å²) in [4.78, 5) is 11.1. The first-order valence-corrected chi connectivity index (χ1v) is 6.61. The van der Waals surface area contributed by atoms with Crippen LogP contribution in [-0.4, -0.2) is 45.0 Å². The van der Waals surface area contributed by atoms with E-state index in [1.807, 2.05) is 18.7 Å². The number of anilines is 1. The number of aromatic nitrogens is 4. The predicted octanol–water partition coefficient (Wildman–Crippen LogP) is 1.29. The van der Waals surface area contributed by atoms with Crippen LogP contribution in [0.2, 0.25) is 0 Å².